The van der Waals surface area contributed by atoms with Crippen LogP contribution in [0.25, 0.3) is 0 Å². The zero-order chi connectivity index (χ0) is 21.3. The van der Waals surface area contributed by atoms with Gasteiger partial charge in [-0.05, 0) is 31.2 Å². The second-order valence-corrected chi connectivity index (χ2v) is 6.08. The summed E-state index contributed by atoms with van der Waals surface area (Å²) in [6.07, 6.45) is -1.45. The fraction of sp³-hybridized carbons (Fsp3) is 0.158. The quantitative estimate of drug-likeness (QED) is 0.467. The molecule has 0 saturated carbocycles. The van der Waals surface area contributed by atoms with E-state index in [2.05, 4.69) is 0 Å². The van der Waals surface area contributed by atoms with Crippen molar-refractivity contribution in [2.75, 3.05) is 16.8 Å². The molecular formula is C19H13F3N2O5. The Labute approximate surface area is 162 Å². The van der Waals surface area contributed by atoms with Crippen molar-refractivity contribution in [3.05, 3.63) is 59.4 Å². The Balaban J connectivity index is 1.64. The van der Waals surface area contributed by atoms with Crippen molar-refractivity contribution in [2.45, 2.75) is 13.0 Å². The highest BCUT2D eigenvalue weighted by molar-refractivity contribution is 6.52. The maximum atomic E-state index is 13.6. The predicted octanol–water partition coefficient (Wildman–Crippen LogP) is 2.20. The van der Waals surface area contributed by atoms with Gasteiger partial charge in [-0.15, -0.1) is 0 Å². The number of anilines is 2. The Morgan fingerprint density at radius 3 is 2.48 bits per heavy atom. The molecule has 1 atom stereocenters. The van der Waals surface area contributed by atoms with Crippen molar-refractivity contribution in [3.8, 4) is 0 Å². The van der Waals surface area contributed by atoms with Crippen LogP contribution in [0.15, 0.2) is 36.4 Å². The number of fused-ring (bicyclic) bond motifs is 1. The summed E-state index contributed by atoms with van der Waals surface area (Å²) < 4.78 is 44.7. The highest BCUT2D eigenvalue weighted by Crippen LogP contribution is 2.28. The van der Waals surface area contributed by atoms with Gasteiger partial charge in [-0.25, -0.2) is 13.2 Å². The van der Waals surface area contributed by atoms with Gasteiger partial charge >= 0.3 is 5.97 Å². The van der Waals surface area contributed by atoms with Gasteiger partial charge in [0.2, 0.25) is 0 Å². The van der Waals surface area contributed by atoms with Crippen molar-refractivity contribution >= 4 is 34.9 Å². The predicted molar refractivity (Wildman–Crippen MR) is 93.6 cm³/mol. The molecule has 2 aromatic carbocycles. The molecule has 0 aliphatic carbocycles. The van der Waals surface area contributed by atoms with Gasteiger partial charge in [0.15, 0.2) is 23.6 Å². The summed E-state index contributed by atoms with van der Waals surface area (Å²) in [5.41, 5.74) is -0.253. The first-order valence-corrected chi connectivity index (χ1v) is 8.29. The van der Waals surface area contributed by atoms with Crippen LogP contribution in [0, 0.1) is 17.5 Å². The molecule has 0 radical (unpaired) electrons. The summed E-state index contributed by atoms with van der Waals surface area (Å²) in [5, 5.41) is 1.98. The number of esters is 1. The fourth-order valence-electron chi connectivity index (χ4n) is 2.68. The van der Waals surface area contributed by atoms with Gasteiger partial charge < -0.3 is 10.1 Å². The minimum atomic E-state index is -1.76. The molecule has 29 heavy (non-hydrogen) atoms. The standard InChI is InChI=1S/C19H13F3N2O5/c1-9(18(27)23-12-7-6-11(20)15(21)16(12)22)29-14(25)8-24-13-5-3-2-4-10(13)17(26)19(24)28/h2-7,9H,8H2,1H3,(H,23,27)/t9-/m0/s1. The van der Waals surface area contributed by atoms with Crippen molar-refractivity contribution in [3.63, 3.8) is 0 Å². The molecule has 2 amide bonds. The normalized spacial score (nSPS) is 13.9. The topological polar surface area (TPSA) is 92.8 Å². The maximum absolute atomic E-state index is 13.6. The number of carbonyl (C=O) groups is 4. The van der Waals surface area contributed by atoms with E-state index < -0.39 is 59.4 Å². The third-order valence-corrected chi connectivity index (χ3v) is 4.14. The molecule has 7 nitrogen and oxygen atoms in total. The number of carbonyl (C=O) groups excluding carboxylic acids is 4. The number of para-hydroxylation sites is 1. The number of rotatable bonds is 5. The Morgan fingerprint density at radius 1 is 1.07 bits per heavy atom. The zero-order valence-corrected chi connectivity index (χ0v) is 14.9. The largest absolute Gasteiger partial charge is 0.451 e. The lowest BCUT2D eigenvalue weighted by atomic mass is 10.1. The minimum Gasteiger partial charge on any atom is -0.451 e. The number of hydrogen-bond acceptors (Lipinski definition) is 5. The average molecular weight is 406 g/mol. The number of ketones is 1. The molecule has 1 aliphatic heterocycles. The SMILES string of the molecule is C[C@H](OC(=O)CN1C(=O)C(=O)c2ccccc21)C(=O)Nc1ccc(F)c(F)c1F. The van der Waals surface area contributed by atoms with Gasteiger partial charge in [0.1, 0.15) is 6.54 Å². The van der Waals surface area contributed by atoms with Gasteiger partial charge in [0.05, 0.1) is 16.9 Å². The Kier molecular flexibility index (Phi) is 5.35. The number of hydrogen-bond donors (Lipinski definition) is 1. The van der Waals surface area contributed by atoms with E-state index in [1.165, 1.54) is 12.1 Å². The number of benzene rings is 2. The number of nitrogens with zero attached hydrogens (tertiary/aromatic N) is 1. The monoisotopic (exact) mass is 406 g/mol. The van der Waals surface area contributed by atoms with Crippen LogP contribution in [0.1, 0.15) is 17.3 Å². The summed E-state index contributed by atoms with van der Waals surface area (Å²) in [7, 11) is 0. The summed E-state index contributed by atoms with van der Waals surface area (Å²) in [5.74, 6) is -8.48. The highest BCUT2D eigenvalue weighted by Gasteiger charge is 2.37. The number of ether oxygens (including phenoxy) is 1. The van der Waals surface area contributed by atoms with E-state index in [0.29, 0.717) is 6.07 Å². The number of halogens is 3. The molecule has 1 heterocycles. The lowest BCUT2D eigenvalue weighted by Gasteiger charge is -2.18. The molecule has 2 aromatic rings. The van der Waals surface area contributed by atoms with Crippen molar-refractivity contribution < 1.29 is 37.1 Å². The first kappa shape index (κ1) is 20.1. The maximum Gasteiger partial charge on any atom is 0.326 e. The van der Waals surface area contributed by atoms with Crippen LogP contribution >= 0.6 is 0 Å². The summed E-state index contributed by atoms with van der Waals surface area (Å²) in [4.78, 5) is 49.0. The van der Waals surface area contributed by atoms with E-state index in [9.17, 15) is 32.3 Å². The zero-order valence-electron chi connectivity index (χ0n) is 14.9. The van der Waals surface area contributed by atoms with Crippen LogP contribution in [-0.2, 0) is 19.1 Å². The molecule has 1 aliphatic rings. The molecule has 0 spiro atoms. The van der Waals surface area contributed by atoms with Gasteiger partial charge in [-0.2, -0.15) is 0 Å². The number of nitrogens with one attached hydrogen (secondary N) is 1. The van der Waals surface area contributed by atoms with Crippen LogP contribution in [0.2, 0.25) is 0 Å². The van der Waals surface area contributed by atoms with Crippen LogP contribution in [-0.4, -0.2) is 36.2 Å². The molecule has 0 fully saturated rings. The van der Waals surface area contributed by atoms with E-state index >= 15 is 0 Å². The molecule has 0 aromatic heterocycles. The third-order valence-electron chi connectivity index (χ3n) is 4.14. The van der Waals surface area contributed by atoms with E-state index in [4.69, 9.17) is 4.74 Å². The molecule has 1 N–H and O–H groups in total. The van der Waals surface area contributed by atoms with Gasteiger partial charge in [-0.3, -0.25) is 24.1 Å². The van der Waals surface area contributed by atoms with Gasteiger partial charge in [0, 0.05) is 0 Å². The van der Waals surface area contributed by atoms with Crippen LogP contribution < -0.4 is 10.2 Å². The minimum absolute atomic E-state index is 0.143. The van der Waals surface area contributed by atoms with Gasteiger partial charge in [0.25, 0.3) is 17.6 Å². The molecule has 0 unspecified atom stereocenters. The van der Waals surface area contributed by atoms with E-state index in [-0.39, 0.29) is 11.3 Å². The van der Waals surface area contributed by atoms with Crippen molar-refractivity contribution in [2.24, 2.45) is 0 Å². The van der Waals surface area contributed by atoms with Crippen molar-refractivity contribution in [1.82, 2.24) is 0 Å². The van der Waals surface area contributed by atoms with Gasteiger partial charge in [-0.1, -0.05) is 12.1 Å². The lowest BCUT2D eigenvalue weighted by molar-refractivity contribution is -0.152. The fourth-order valence-corrected chi connectivity index (χ4v) is 2.68. The van der Waals surface area contributed by atoms with Crippen molar-refractivity contribution in [1.29, 1.82) is 0 Å². The molecular weight excluding hydrogens is 393 g/mol. The summed E-state index contributed by atoms with van der Waals surface area (Å²) in [6.45, 7) is 0.536. The second-order valence-electron chi connectivity index (χ2n) is 6.08. The second kappa shape index (κ2) is 7.74. The van der Waals surface area contributed by atoms with Crippen LogP contribution in [0.3, 0.4) is 0 Å². The first-order chi connectivity index (χ1) is 13.7. The Morgan fingerprint density at radius 2 is 1.76 bits per heavy atom. The molecule has 10 heteroatoms. The number of amides is 2. The Hall–Kier alpha value is -3.69. The molecule has 0 bridgehead atoms. The number of Topliss-reactive ketones (excluding diaryl/α,β-unsaturated/α-hetero) is 1. The molecule has 3 rings (SSSR count). The smallest absolute Gasteiger partial charge is 0.326 e. The highest BCUT2D eigenvalue weighted by atomic mass is 19.2. The summed E-state index contributed by atoms with van der Waals surface area (Å²) >= 11 is 0. The van der Waals surface area contributed by atoms with E-state index in [1.54, 1.807) is 12.1 Å². The lowest BCUT2D eigenvalue weighted by Crippen LogP contribution is -2.38. The van der Waals surface area contributed by atoms with E-state index in [1.807, 2.05) is 5.32 Å². The Bertz CT molecular complexity index is 1040. The average Bonchev–Trinajstić information content (AvgIpc) is 2.93. The molecule has 0 saturated heterocycles. The first-order valence-electron chi connectivity index (χ1n) is 8.29. The third kappa shape index (κ3) is 3.82. The summed E-state index contributed by atoms with van der Waals surface area (Å²) in [6, 6.07) is 7.50. The van der Waals surface area contributed by atoms with Crippen LogP contribution in [0.5, 0.6) is 0 Å². The molecule has 150 valence electrons. The van der Waals surface area contributed by atoms with E-state index in [0.717, 1.165) is 17.9 Å². The van der Waals surface area contributed by atoms with Crippen LogP contribution in [0.4, 0.5) is 24.5 Å².